The van der Waals surface area contributed by atoms with Gasteiger partial charge in [-0.2, -0.15) is 0 Å². The molecule has 90 valence electrons. The average Bonchev–Trinajstić information content (AvgIpc) is 2.74. The van der Waals surface area contributed by atoms with E-state index in [0.717, 1.165) is 25.1 Å². The largest absolute Gasteiger partial charge is 0.315 e. The van der Waals surface area contributed by atoms with Crippen molar-refractivity contribution in [3.05, 3.63) is 16.9 Å². The van der Waals surface area contributed by atoms with Crippen molar-refractivity contribution in [1.82, 2.24) is 15.3 Å². The summed E-state index contributed by atoms with van der Waals surface area (Å²) < 4.78 is 12.0. The monoisotopic (exact) mass is 281 g/mol. The maximum absolute atomic E-state index is 12.0. The molecule has 0 unspecified atom stereocenters. The van der Waals surface area contributed by atoms with Crippen LogP contribution in [0, 0.1) is 6.92 Å². The minimum atomic E-state index is -1.15. The Bertz CT molecular complexity index is 396. The lowest BCUT2D eigenvalue weighted by Crippen LogP contribution is -2.20. The second kappa shape index (κ2) is 5.91. The number of nitrogens with one attached hydrogen (secondary N) is 1. The molecule has 1 aliphatic rings. The summed E-state index contributed by atoms with van der Waals surface area (Å²) >= 11 is 5.86. The minimum absolute atomic E-state index is 0. The van der Waals surface area contributed by atoms with E-state index in [1.165, 1.54) is 0 Å². The van der Waals surface area contributed by atoms with Crippen molar-refractivity contribution in [2.75, 3.05) is 13.1 Å². The lowest BCUT2D eigenvalue weighted by Gasteiger charge is -2.07. The van der Waals surface area contributed by atoms with Gasteiger partial charge in [-0.1, -0.05) is 11.6 Å². The van der Waals surface area contributed by atoms with Gasteiger partial charge in [0.05, 0.1) is 16.0 Å². The van der Waals surface area contributed by atoms with E-state index in [4.69, 9.17) is 11.6 Å². The Balaban J connectivity index is 0.00000128. The molecule has 0 aromatic carbocycles. The molecule has 16 heavy (non-hydrogen) atoms. The molecule has 2 atom stereocenters. The van der Waals surface area contributed by atoms with Gasteiger partial charge in [-0.3, -0.25) is 4.21 Å². The van der Waals surface area contributed by atoms with Gasteiger partial charge < -0.3 is 5.32 Å². The van der Waals surface area contributed by atoms with Crippen molar-refractivity contribution in [3.8, 4) is 0 Å². The Kier molecular flexibility index (Phi) is 5.11. The van der Waals surface area contributed by atoms with Gasteiger partial charge in [0.15, 0.2) is 0 Å². The highest BCUT2D eigenvalue weighted by Crippen LogP contribution is 2.16. The predicted octanol–water partition coefficient (Wildman–Crippen LogP) is 1.33. The Hall–Kier alpha value is -0.230. The van der Waals surface area contributed by atoms with Gasteiger partial charge in [-0.15, -0.1) is 12.4 Å². The quantitative estimate of drug-likeness (QED) is 0.657. The third-order valence-corrected chi connectivity index (χ3v) is 4.33. The molecule has 0 radical (unpaired) electrons. The van der Waals surface area contributed by atoms with E-state index in [9.17, 15) is 4.21 Å². The van der Waals surface area contributed by atoms with Crippen LogP contribution in [0.5, 0.6) is 0 Å². The summed E-state index contributed by atoms with van der Waals surface area (Å²) in [5.41, 5.74) is 0.807. The predicted molar refractivity (Wildman–Crippen MR) is 66.7 cm³/mol. The fourth-order valence-corrected chi connectivity index (χ4v) is 2.88. The van der Waals surface area contributed by atoms with Gasteiger partial charge >= 0.3 is 0 Å². The zero-order valence-electron chi connectivity index (χ0n) is 8.77. The van der Waals surface area contributed by atoms with Crippen molar-refractivity contribution in [2.45, 2.75) is 23.8 Å². The van der Waals surface area contributed by atoms with Crippen molar-refractivity contribution in [2.24, 2.45) is 0 Å². The molecule has 1 saturated heterocycles. The first kappa shape index (κ1) is 13.8. The second-order valence-electron chi connectivity index (χ2n) is 3.54. The number of hydrogen-bond donors (Lipinski definition) is 1. The number of halogens is 2. The Morgan fingerprint density at radius 1 is 1.62 bits per heavy atom. The molecule has 1 aromatic heterocycles. The van der Waals surface area contributed by atoms with Crippen LogP contribution in [0.1, 0.15) is 12.0 Å². The molecule has 0 saturated carbocycles. The average molecular weight is 282 g/mol. The highest BCUT2D eigenvalue weighted by atomic mass is 35.5. The molecule has 1 fully saturated rings. The van der Waals surface area contributed by atoms with E-state index in [1.807, 2.05) is 6.92 Å². The summed E-state index contributed by atoms with van der Waals surface area (Å²) in [7, 11) is -1.15. The lowest BCUT2D eigenvalue weighted by molar-refractivity contribution is 0.664. The Morgan fingerprint density at radius 3 is 2.94 bits per heavy atom. The molecule has 0 spiro atoms. The normalized spacial score (nSPS) is 21.5. The lowest BCUT2D eigenvalue weighted by atomic mass is 10.4. The third kappa shape index (κ3) is 2.91. The fourth-order valence-electron chi connectivity index (χ4n) is 1.46. The first-order chi connectivity index (χ1) is 7.18. The van der Waals surface area contributed by atoms with Gasteiger partial charge in [0.25, 0.3) is 0 Å². The third-order valence-electron chi connectivity index (χ3n) is 2.39. The van der Waals surface area contributed by atoms with E-state index < -0.39 is 10.8 Å². The van der Waals surface area contributed by atoms with Crippen molar-refractivity contribution < 1.29 is 4.21 Å². The van der Waals surface area contributed by atoms with Crippen molar-refractivity contribution in [1.29, 1.82) is 0 Å². The van der Waals surface area contributed by atoms with Crippen LogP contribution in [0.2, 0.25) is 5.15 Å². The van der Waals surface area contributed by atoms with Crippen LogP contribution < -0.4 is 5.32 Å². The van der Waals surface area contributed by atoms with Gasteiger partial charge in [0.1, 0.15) is 5.15 Å². The van der Waals surface area contributed by atoms with Crippen LogP contribution >= 0.6 is 24.0 Å². The molecule has 1 aromatic rings. The van der Waals surface area contributed by atoms with E-state index in [-0.39, 0.29) is 17.7 Å². The molecular formula is C9H13Cl2N3OS. The summed E-state index contributed by atoms with van der Waals surface area (Å²) in [4.78, 5) is 8.10. The van der Waals surface area contributed by atoms with Gasteiger partial charge in [0.2, 0.25) is 5.16 Å². The standard InChI is InChI=1S/C9H12ClN3OS.ClH/c1-6-4-12-9(13-8(6)10)15(14)7-2-3-11-5-7;/h4,7,11H,2-3,5H2,1H3;1H/t7-,15+;/m1./s1. The minimum Gasteiger partial charge on any atom is -0.315 e. The van der Waals surface area contributed by atoms with Crippen molar-refractivity contribution >= 4 is 34.8 Å². The summed E-state index contributed by atoms with van der Waals surface area (Å²) in [6.07, 6.45) is 2.52. The molecule has 0 amide bonds. The summed E-state index contributed by atoms with van der Waals surface area (Å²) in [6, 6.07) is 0. The van der Waals surface area contributed by atoms with Crippen LogP contribution in [0.15, 0.2) is 11.4 Å². The highest BCUT2D eigenvalue weighted by Gasteiger charge is 2.24. The van der Waals surface area contributed by atoms with E-state index in [1.54, 1.807) is 6.20 Å². The number of rotatable bonds is 2. The highest BCUT2D eigenvalue weighted by molar-refractivity contribution is 7.85. The number of aryl methyl sites for hydroxylation is 1. The summed E-state index contributed by atoms with van der Waals surface area (Å²) in [5, 5.41) is 4.02. The second-order valence-corrected chi connectivity index (χ2v) is 5.52. The molecule has 0 bridgehead atoms. The van der Waals surface area contributed by atoms with Crippen LogP contribution in [-0.2, 0) is 10.8 Å². The maximum atomic E-state index is 12.0. The van der Waals surface area contributed by atoms with E-state index in [2.05, 4.69) is 15.3 Å². The van der Waals surface area contributed by atoms with Gasteiger partial charge in [-0.05, 0) is 19.9 Å². The van der Waals surface area contributed by atoms with Gasteiger partial charge in [-0.25, -0.2) is 9.97 Å². The van der Waals surface area contributed by atoms with E-state index in [0.29, 0.717) is 10.3 Å². The molecule has 7 heteroatoms. The molecular weight excluding hydrogens is 269 g/mol. The molecule has 2 rings (SSSR count). The Labute approximate surface area is 108 Å². The van der Waals surface area contributed by atoms with Crippen LogP contribution in [0.4, 0.5) is 0 Å². The molecule has 4 nitrogen and oxygen atoms in total. The first-order valence-corrected chi connectivity index (χ1v) is 6.38. The van der Waals surface area contributed by atoms with Crippen LogP contribution in [-0.4, -0.2) is 32.5 Å². The molecule has 1 N–H and O–H groups in total. The summed E-state index contributed by atoms with van der Waals surface area (Å²) in [6.45, 7) is 3.50. The SMILES string of the molecule is Cc1cnc([S@@](=O)[C@@H]2CCNC2)nc1Cl.Cl. The zero-order chi connectivity index (χ0) is 10.8. The van der Waals surface area contributed by atoms with Crippen molar-refractivity contribution in [3.63, 3.8) is 0 Å². The van der Waals surface area contributed by atoms with Crippen LogP contribution in [0.3, 0.4) is 0 Å². The summed E-state index contributed by atoms with van der Waals surface area (Å²) in [5.74, 6) is 0. The van der Waals surface area contributed by atoms with Crippen LogP contribution in [0.25, 0.3) is 0 Å². The van der Waals surface area contributed by atoms with Gasteiger partial charge in [0, 0.05) is 18.3 Å². The number of nitrogens with zero attached hydrogens (tertiary/aromatic N) is 2. The molecule has 1 aliphatic heterocycles. The number of aromatic nitrogens is 2. The molecule has 0 aliphatic carbocycles. The Morgan fingerprint density at radius 2 is 2.38 bits per heavy atom. The topological polar surface area (TPSA) is 54.9 Å². The number of hydrogen-bond acceptors (Lipinski definition) is 4. The zero-order valence-corrected chi connectivity index (χ0v) is 11.2. The maximum Gasteiger partial charge on any atom is 0.220 e. The molecule has 2 heterocycles. The first-order valence-electron chi connectivity index (χ1n) is 4.79. The fraction of sp³-hybridized carbons (Fsp3) is 0.556. The smallest absolute Gasteiger partial charge is 0.220 e. The van der Waals surface area contributed by atoms with E-state index >= 15 is 0 Å².